The summed E-state index contributed by atoms with van der Waals surface area (Å²) < 4.78 is 31.3. The summed E-state index contributed by atoms with van der Waals surface area (Å²) in [5, 5.41) is 0. The van der Waals surface area contributed by atoms with E-state index in [9.17, 15) is 8.78 Å². The van der Waals surface area contributed by atoms with Gasteiger partial charge in [-0.05, 0) is 40.3 Å². The molecule has 1 aromatic rings. The van der Waals surface area contributed by atoms with E-state index >= 15 is 0 Å². The number of halogens is 3. The van der Waals surface area contributed by atoms with Gasteiger partial charge < -0.3 is 4.74 Å². The molecule has 0 aliphatic carbocycles. The lowest BCUT2D eigenvalue weighted by atomic mass is 10.2. The molecule has 0 N–H and O–H groups in total. The predicted octanol–water partition coefficient (Wildman–Crippen LogP) is 3.27. The van der Waals surface area contributed by atoms with E-state index in [1.165, 1.54) is 0 Å². The summed E-state index contributed by atoms with van der Waals surface area (Å²) in [6.07, 6.45) is 1.60. The minimum atomic E-state index is -0.845. The number of hydrogen-bond acceptors (Lipinski definition) is 1. The van der Waals surface area contributed by atoms with Crippen LogP contribution >= 0.6 is 22.6 Å². The van der Waals surface area contributed by atoms with E-state index in [-0.39, 0.29) is 6.61 Å². The van der Waals surface area contributed by atoms with Crippen molar-refractivity contribution in [3.63, 3.8) is 0 Å². The lowest BCUT2D eigenvalue weighted by Crippen LogP contribution is -1.98. The van der Waals surface area contributed by atoms with Crippen molar-refractivity contribution in [2.45, 2.75) is 6.61 Å². The Labute approximate surface area is 94.9 Å². The van der Waals surface area contributed by atoms with Gasteiger partial charge in [-0.3, -0.25) is 0 Å². The van der Waals surface area contributed by atoms with Crippen molar-refractivity contribution >= 4 is 22.6 Å². The second kappa shape index (κ2) is 5.41. The molecule has 0 fully saturated rings. The van der Waals surface area contributed by atoms with Crippen LogP contribution in [0.5, 0.6) is 0 Å². The van der Waals surface area contributed by atoms with Crippen molar-refractivity contribution in [1.82, 2.24) is 0 Å². The zero-order valence-electron chi connectivity index (χ0n) is 7.40. The molecule has 0 atom stereocenters. The summed E-state index contributed by atoms with van der Waals surface area (Å²) in [4.78, 5) is 0. The minimum absolute atomic E-state index is 0.265. The van der Waals surface area contributed by atoms with Crippen LogP contribution in [-0.4, -0.2) is 6.61 Å². The van der Waals surface area contributed by atoms with Gasteiger partial charge in [-0.15, -0.1) is 6.58 Å². The molecule has 0 spiro atoms. The number of rotatable bonds is 4. The first-order valence-electron chi connectivity index (χ1n) is 3.97. The second-order valence-electron chi connectivity index (χ2n) is 2.66. The predicted molar refractivity (Wildman–Crippen MR) is 58.9 cm³/mol. The van der Waals surface area contributed by atoms with Crippen LogP contribution in [0.15, 0.2) is 24.8 Å². The van der Waals surface area contributed by atoms with E-state index in [4.69, 9.17) is 4.74 Å². The molecule has 0 aliphatic heterocycles. The fourth-order valence-electron chi connectivity index (χ4n) is 0.927. The SMILES string of the molecule is C=CCOCc1cc(F)c(F)cc1I. The molecule has 4 heteroatoms. The molecule has 0 bridgehead atoms. The molecule has 0 radical (unpaired) electrons. The Bertz CT molecular complexity index is 339. The summed E-state index contributed by atoms with van der Waals surface area (Å²) in [5.74, 6) is -1.68. The molecule has 0 saturated carbocycles. The van der Waals surface area contributed by atoms with E-state index < -0.39 is 11.6 Å². The molecule has 1 rings (SSSR count). The lowest BCUT2D eigenvalue weighted by molar-refractivity contribution is 0.148. The Balaban J connectivity index is 2.76. The highest BCUT2D eigenvalue weighted by Crippen LogP contribution is 2.17. The van der Waals surface area contributed by atoms with Crippen LogP contribution in [0.3, 0.4) is 0 Å². The van der Waals surface area contributed by atoms with Gasteiger partial charge in [0.05, 0.1) is 13.2 Å². The van der Waals surface area contributed by atoms with E-state index in [1.807, 2.05) is 22.6 Å². The van der Waals surface area contributed by atoms with E-state index in [1.54, 1.807) is 6.08 Å². The van der Waals surface area contributed by atoms with Crippen LogP contribution in [0.2, 0.25) is 0 Å². The van der Waals surface area contributed by atoms with Gasteiger partial charge in [-0.1, -0.05) is 6.08 Å². The quantitative estimate of drug-likeness (QED) is 0.359. The second-order valence-corrected chi connectivity index (χ2v) is 3.82. The third kappa shape index (κ3) is 3.02. The Kier molecular flexibility index (Phi) is 4.47. The van der Waals surface area contributed by atoms with Crippen molar-refractivity contribution in [1.29, 1.82) is 0 Å². The van der Waals surface area contributed by atoms with E-state index in [2.05, 4.69) is 6.58 Å². The molecule has 14 heavy (non-hydrogen) atoms. The van der Waals surface area contributed by atoms with Crippen molar-refractivity contribution < 1.29 is 13.5 Å². The Morgan fingerprint density at radius 2 is 2.00 bits per heavy atom. The van der Waals surface area contributed by atoms with Crippen molar-refractivity contribution in [2.75, 3.05) is 6.61 Å². The molecule has 1 nitrogen and oxygen atoms in total. The van der Waals surface area contributed by atoms with Gasteiger partial charge in [-0.2, -0.15) is 0 Å². The fraction of sp³-hybridized carbons (Fsp3) is 0.200. The fourth-order valence-corrected chi connectivity index (χ4v) is 1.51. The summed E-state index contributed by atoms with van der Waals surface area (Å²) in [6, 6.07) is 2.31. The van der Waals surface area contributed by atoms with Crippen molar-refractivity contribution in [3.8, 4) is 0 Å². The third-order valence-corrected chi connectivity index (χ3v) is 2.59. The van der Waals surface area contributed by atoms with Crippen LogP contribution in [0.1, 0.15) is 5.56 Å². The molecular formula is C10H9F2IO. The van der Waals surface area contributed by atoms with Crippen LogP contribution in [-0.2, 0) is 11.3 Å². The maximum absolute atomic E-state index is 12.8. The summed E-state index contributed by atoms with van der Waals surface area (Å²) >= 11 is 1.94. The summed E-state index contributed by atoms with van der Waals surface area (Å²) in [5.41, 5.74) is 0.645. The average molecular weight is 310 g/mol. The van der Waals surface area contributed by atoms with Crippen molar-refractivity contribution in [3.05, 3.63) is 45.6 Å². The highest BCUT2D eigenvalue weighted by atomic mass is 127. The van der Waals surface area contributed by atoms with Gasteiger partial charge in [0.25, 0.3) is 0 Å². The van der Waals surface area contributed by atoms with Gasteiger partial charge in [-0.25, -0.2) is 8.78 Å². The van der Waals surface area contributed by atoms with Gasteiger partial charge in [0, 0.05) is 3.57 Å². The highest BCUT2D eigenvalue weighted by Gasteiger charge is 2.07. The molecule has 0 aromatic heterocycles. The van der Waals surface area contributed by atoms with Crippen LogP contribution in [0, 0.1) is 15.2 Å². The third-order valence-electron chi connectivity index (χ3n) is 1.58. The molecule has 0 saturated heterocycles. The Morgan fingerprint density at radius 3 is 2.64 bits per heavy atom. The largest absolute Gasteiger partial charge is 0.373 e. The van der Waals surface area contributed by atoms with Crippen molar-refractivity contribution in [2.24, 2.45) is 0 Å². The Morgan fingerprint density at radius 1 is 1.36 bits per heavy atom. The Hall–Kier alpha value is -0.490. The number of hydrogen-bond donors (Lipinski definition) is 0. The van der Waals surface area contributed by atoms with Gasteiger partial charge in [0.1, 0.15) is 0 Å². The monoisotopic (exact) mass is 310 g/mol. The van der Waals surface area contributed by atoms with Crippen LogP contribution in [0.25, 0.3) is 0 Å². The zero-order valence-corrected chi connectivity index (χ0v) is 9.55. The van der Waals surface area contributed by atoms with Gasteiger partial charge >= 0.3 is 0 Å². The first-order valence-corrected chi connectivity index (χ1v) is 5.05. The van der Waals surface area contributed by atoms with Crippen LogP contribution < -0.4 is 0 Å². The molecule has 0 heterocycles. The maximum Gasteiger partial charge on any atom is 0.159 e. The molecule has 0 unspecified atom stereocenters. The molecule has 0 aliphatic rings. The normalized spacial score (nSPS) is 10.2. The standard InChI is InChI=1S/C10H9F2IO/c1-2-3-14-6-7-4-8(11)9(12)5-10(7)13/h2,4-5H,1,3,6H2. The number of ether oxygens (including phenoxy) is 1. The summed E-state index contributed by atoms with van der Waals surface area (Å²) in [6.45, 7) is 4.15. The minimum Gasteiger partial charge on any atom is -0.373 e. The molecular weight excluding hydrogens is 301 g/mol. The average Bonchev–Trinajstić information content (AvgIpc) is 2.14. The lowest BCUT2D eigenvalue weighted by Gasteiger charge is -2.05. The molecule has 1 aromatic carbocycles. The first-order chi connectivity index (χ1) is 6.65. The van der Waals surface area contributed by atoms with E-state index in [0.29, 0.717) is 15.7 Å². The molecule has 76 valence electrons. The molecule has 0 amide bonds. The van der Waals surface area contributed by atoms with Gasteiger partial charge in [0.15, 0.2) is 11.6 Å². The van der Waals surface area contributed by atoms with Gasteiger partial charge in [0.2, 0.25) is 0 Å². The zero-order chi connectivity index (χ0) is 10.6. The smallest absolute Gasteiger partial charge is 0.159 e. The maximum atomic E-state index is 12.8. The summed E-state index contributed by atoms with van der Waals surface area (Å²) in [7, 11) is 0. The van der Waals surface area contributed by atoms with E-state index in [0.717, 1.165) is 12.1 Å². The highest BCUT2D eigenvalue weighted by molar-refractivity contribution is 14.1. The first kappa shape index (κ1) is 11.6. The topological polar surface area (TPSA) is 9.23 Å². The van der Waals surface area contributed by atoms with Crippen LogP contribution in [0.4, 0.5) is 8.78 Å². The number of benzene rings is 1.